The van der Waals surface area contributed by atoms with Gasteiger partial charge in [0.25, 0.3) is 0 Å². The summed E-state index contributed by atoms with van der Waals surface area (Å²) in [6, 6.07) is 0. The van der Waals surface area contributed by atoms with Crippen LogP contribution in [-0.2, 0) is 9.59 Å². The third-order valence-corrected chi connectivity index (χ3v) is 5.26. The van der Waals surface area contributed by atoms with Gasteiger partial charge >= 0.3 is 0 Å². The van der Waals surface area contributed by atoms with Crippen LogP contribution in [0.15, 0.2) is 11.3 Å². The second-order valence-electron chi connectivity index (χ2n) is 8.74. The van der Waals surface area contributed by atoms with Gasteiger partial charge in [0.2, 0.25) is 0 Å². The van der Waals surface area contributed by atoms with Crippen molar-refractivity contribution in [2.45, 2.75) is 78.7 Å². The highest BCUT2D eigenvalue weighted by molar-refractivity contribution is 6.23. The fourth-order valence-electron chi connectivity index (χ4n) is 3.61. The Labute approximate surface area is 157 Å². The molecule has 0 fully saturated rings. The highest BCUT2D eigenvalue weighted by atomic mass is 16.3. The third kappa shape index (κ3) is 5.40. The highest BCUT2D eigenvalue weighted by Gasteiger charge is 2.54. The van der Waals surface area contributed by atoms with Crippen molar-refractivity contribution in [1.82, 2.24) is 0 Å². The van der Waals surface area contributed by atoms with Crippen LogP contribution in [0.4, 0.5) is 0 Å². The van der Waals surface area contributed by atoms with Gasteiger partial charge in [0.1, 0.15) is 16.9 Å². The van der Waals surface area contributed by atoms with Crippen molar-refractivity contribution >= 4 is 11.6 Å². The molecular formula is C21H36O5. The average molecular weight is 369 g/mol. The van der Waals surface area contributed by atoms with Crippen LogP contribution >= 0.6 is 0 Å². The lowest BCUT2D eigenvalue weighted by Crippen LogP contribution is -2.39. The van der Waals surface area contributed by atoms with Crippen molar-refractivity contribution in [2.75, 3.05) is 6.61 Å². The molecule has 1 unspecified atom stereocenters. The fraction of sp³-hybridized carbons (Fsp3) is 0.810. The van der Waals surface area contributed by atoms with E-state index >= 15 is 0 Å². The first-order chi connectivity index (χ1) is 12.0. The van der Waals surface area contributed by atoms with Crippen LogP contribution < -0.4 is 0 Å². The average Bonchev–Trinajstić information content (AvgIpc) is 2.71. The fourth-order valence-corrected chi connectivity index (χ4v) is 3.61. The molecule has 26 heavy (non-hydrogen) atoms. The molecule has 5 heteroatoms. The summed E-state index contributed by atoms with van der Waals surface area (Å²) in [5.41, 5.74) is -1.85. The van der Waals surface area contributed by atoms with E-state index in [0.717, 1.165) is 6.42 Å². The molecule has 5 nitrogen and oxygen atoms in total. The Morgan fingerprint density at radius 2 is 1.73 bits per heavy atom. The first-order valence-electron chi connectivity index (χ1n) is 9.88. The quantitative estimate of drug-likeness (QED) is 0.485. The molecule has 0 spiro atoms. The molecule has 0 saturated carbocycles. The van der Waals surface area contributed by atoms with E-state index in [2.05, 4.69) is 0 Å². The maximum Gasteiger partial charge on any atom is 0.176 e. The Balaban J connectivity index is 3.08. The minimum atomic E-state index is -1.66. The van der Waals surface area contributed by atoms with Gasteiger partial charge in [-0.05, 0) is 43.4 Å². The zero-order valence-electron chi connectivity index (χ0n) is 16.9. The molecule has 0 bridgehead atoms. The number of allylic oxidation sites excluding steroid dienone is 1. The minimum absolute atomic E-state index is 0.0636. The zero-order valence-corrected chi connectivity index (χ0v) is 16.9. The van der Waals surface area contributed by atoms with E-state index in [0.29, 0.717) is 25.2 Å². The van der Waals surface area contributed by atoms with Crippen LogP contribution in [0.5, 0.6) is 0 Å². The molecule has 0 amide bonds. The summed E-state index contributed by atoms with van der Waals surface area (Å²) >= 11 is 0. The van der Waals surface area contributed by atoms with Crippen molar-refractivity contribution in [3.63, 3.8) is 0 Å². The minimum Gasteiger partial charge on any atom is -0.508 e. The number of Topliss-reactive ketones (excluding diaryl/α,β-unsaturated/α-hetero) is 2. The van der Waals surface area contributed by atoms with E-state index in [1.807, 2.05) is 34.6 Å². The van der Waals surface area contributed by atoms with E-state index in [9.17, 15) is 19.8 Å². The first-order valence-corrected chi connectivity index (χ1v) is 9.88. The van der Waals surface area contributed by atoms with Crippen molar-refractivity contribution in [3.05, 3.63) is 11.3 Å². The van der Waals surface area contributed by atoms with E-state index < -0.39 is 23.1 Å². The van der Waals surface area contributed by atoms with Crippen LogP contribution in [-0.4, -0.2) is 39.1 Å². The number of ketones is 2. The maximum absolute atomic E-state index is 12.9. The van der Waals surface area contributed by atoms with Gasteiger partial charge in [-0.1, -0.05) is 41.0 Å². The second-order valence-corrected chi connectivity index (χ2v) is 8.74. The summed E-state index contributed by atoms with van der Waals surface area (Å²) in [7, 11) is 0. The van der Waals surface area contributed by atoms with Crippen molar-refractivity contribution < 1.29 is 24.9 Å². The zero-order chi connectivity index (χ0) is 20.1. The molecule has 3 N–H and O–H groups in total. The molecule has 0 radical (unpaired) electrons. The monoisotopic (exact) mass is 368 g/mol. The second kappa shape index (κ2) is 9.65. The van der Waals surface area contributed by atoms with E-state index in [4.69, 9.17) is 5.11 Å². The predicted octanol–water partition coefficient (Wildman–Crippen LogP) is 3.58. The Kier molecular flexibility index (Phi) is 8.48. The Bertz CT molecular complexity index is 535. The SMILES string of the molecule is CC(C)CC[C@@H]1C(=O)C(C(=O)CC(C)C)=C(O)[C@]1(O)CCCC(C)CO. The van der Waals surface area contributed by atoms with Crippen molar-refractivity contribution in [3.8, 4) is 0 Å². The van der Waals surface area contributed by atoms with Gasteiger partial charge in [-0.15, -0.1) is 0 Å². The topological polar surface area (TPSA) is 94.8 Å². The molecule has 0 aromatic rings. The third-order valence-electron chi connectivity index (χ3n) is 5.26. The van der Waals surface area contributed by atoms with Crippen LogP contribution in [0, 0.1) is 23.7 Å². The number of carbonyl (C=O) groups excluding carboxylic acids is 2. The Hall–Kier alpha value is -1.20. The molecule has 1 aliphatic rings. The van der Waals surface area contributed by atoms with Gasteiger partial charge < -0.3 is 15.3 Å². The predicted molar refractivity (Wildman–Crippen MR) is 102 cm³/mol. The summed E-state index contributed by atoms with van der Waals surface area (Å²) < 4.78 is 0. The number of aliphatic hydroxyl groups is 3. The molecule has 0 aliphatic heterocycles. The summed E-state index contributed by atoms with van der Waals surface area (Å²) in [5.74, 6) is -1.46. The van der Waals surface area contributed by atoms with Gasteiger partial charge in [-0.25, -0.2) is 0 Å². The summed E-state index contributed by atoms with van der Waals surface area (Å²) in [5, 5.41) is 31.0. The number of aliphatic hydroxyl groups excluding tert-OH is 2. The first kappa shape index (κ1) is 22.8. The lowest BCUT2D eigenvalue weighted by molar-refractivity contribution is -0.127. The van der Waals surface area contributed by atoms with E-state index in [1.165, 1.54) is 0 Å². The van der Waals surface area contributed by atoms with Crippen molar-refractivity contribution in [2.24, 2.45) is 23.7 Å². The molecule has 150 valence electrons. The Morgan fingerprint density at radius 3 is 2.23 bits per heavy atom. The molecule has 0 heterocycles. The Morgan fingerprint density at radius 1 is 1.12 bits per heavy atom. The van der Waals surface area contributed by atoms with Crippen LogP contribution in [0.2, 0.25) is 0 Å². The van der Waals surface area contributed by atoms with E-state index in [-0.39, 0.29) is 42.6 Å². The van der Waals surface area contributed by atoms with E-state index in [1.54, 1.807) is 0 Å². The molecule has 0 aromatic heterocycles. The molecule has 0 saturated heterocycles. The van der Waals surface area contributed by atoms with Gasteiger partial charge in [0.15, 0.2) is 11.6 Å². The molecular weight excluding hydrogens is 332 g/mol. The number of hydrogen-bond donors (Lipinski definition) is 3. The smallest absolute Gasteiger partial charge is 0.176 e. The molecule has 1 aliphatic carbocycles. The maximum atomic E-state index is 12.9. The largest absolute Gasteiger partial charge is 0.508 e. The number of hydrogen-bond acceptors (Lipinski definition) is 5. The van der Waals surface area contributed by atoms with Crippen LogP contribution in [0.1, 0.15) is 73.1 Å². The molecule has 0 aromatic carbocycles. The van der Waals surface area contributed by atoms with Gasteiger partial charge in [0.05, 0.1) is 5.92 Å². The highest BCUT2D eigenvalue weighted by Crippen LogP contribution is 2.44. The van der Waals surface area contributed by atoms with Crippen LogP contribution in [0.25, 0.3) is 0 Å². The van der Waals surface area contributed by atoms with Crippen LogP contribution in [0.3, 0.4) is 0 Å². The lowest BCUT2D eigenvalue weighted by atomic mass is 9.80. The van der Waals surface area contributed by atoms with Crippen molar-refractivity contribution in [1.29, 1.82) is 0 Å². The summed E-state index contributed by atoms with van der Waals surface area (Å²) in [6.07, 6.45) is 2.84. The standard InChI is InChI=1S/C21H36O5/c1-13(2)8-9-16-19(24)18(17(23)11-14(3)4)20(25)21(16,26)10-6-7-15(5)12-22/h13-16,22,25-26H,6-12H2,1-5H3/t15?,16-,21+/m1/s1. The number of carbonyl (C=O) groups is 2. The van der Waals surface area contributed by atoms with Gasteiger partial charge in [-0.3, -0.25) is 9.59 Å². The van der Waals surface area contributed by atoms with Gasteiger partial charge in [-0.2, -0.15) is 0 Å². The molecule has 3 atom stereocenters. The summed E-state index contributed by atoms with van der Waals surface area (Å²) in [4.78, 5) is 25.4. The van der Waals surface area contributed by atoms with Gasteiger partial charge in [0, 0.05) is 13.0 Å². The molecule has 1 rings (SSSR count). The lowest BCUT2D eigenvalue weighted by Gasteiger charge is -2.30. The summed E-state index contributed by atoms with van der Waals surface area (Å²) in [6.45, 7) is 9.82. The number of rotatable bonds is 11. The normalized spacial score (nSPS) is 24.8.